The van der Waals surface area contributed by atoms with Crippen LogP contribution >= 0.6 is 11.6 Å². The van der Waals surface area contributed by atoms with E-state index < -0.39 is 6.09 Å². The summed E-state index contributed by atoms with van der Waals surface area (Å²) in [5.74, 6) is 0. The van der Waals surface area contributed by atoms with Gasteiger partial charge in [-0.15, -0.1) is 0 Å². The molecule has 1 aromatic carbocycles. The molecule has 0 saturated carbocycles. The number of oxime groups is 1. The molecule has 0 spiro atoms. The standard InChI is InChI=1S/C11H13ClN2O2/c1-8(10-6-4-3-5-7-10)13-11(15)16-14-9(2)12/h3-8H,1-2H3,(H,13,15)/b14-9+/t8-/m0/s1. The van der Waals surface area contributed by atoms with Gasteiger partial charge in [0.2, 0.25) is 0 Å². The minimum Gasteiger partial charge on any atom is -0.313 e. The molecule has 0 saturated heterocycles. The van der Waals surface area contributed by atoms with Crippen molar-refractivity contribution in [1.29, 1.82) is 0 Å². The lowest BCUT2D eigenvalue weighted by molar-refractivity contribution is 0.147. The second kappa shape index (κ2) is 6.12. The molecule has 1 N–H and O–H groups in total. The first-order chi connectivity index (χ1) is 7.59. The Morgan fingerprint density at radius 1 is 1.44 bits per heavy atom. The highest BCUT2D eigenvalue weighted by Crippen LogP contribution is 2.10. The van der Waals surface area contributed by atoms with Gasteiger partial charge >= 0.3 is 6.09 Å². The number of nitrogens with zero attached hydrogens (tertiary/aromatic N) is 1. The molecule has 0 unspecified atom stereocenters. The van der Waals surface area contributed by atoms with E-state index in [9.17, 15) is 4.79 Å². The number of benzene rings is 1. The van der Waals surface area contributed by atoms with E-state index in [0.717, 1.165) is 5.56 Å². The van der Waals surface area contributed by atoms with Crippen molar-refractivity contribution in [3.05, 3.63) is 35.9 Å². The molecule has 0 aliphatic rings. The van der Waals surface area contributed by atoms with Crippen molar-refractivity contribution in [2.75, 3.05) is 0 Å². The van der Waals surface area contributed by atoms with Gasteiger partial charge in [0.25, 0.3) is 0 Å². The summed E-state index contributed by atoms with van der Waals surface area (Å²) >= 11 is 5.42. The zero-order valence-electron chi connectivity index (χ0n) is 9.11. The van der Waals surface area contributed by atoms with Crippen LogP contribution in [-0.2, 0) is 4.84 Å². The Kier molecular flexibility index (Phi) is 4.79. The molecular weight excluding hydrogens is 228 g/mol. The Hall–Kier alpha value is -1.55. The fourth-order valence-electron chi connectivity index (χ4n) is 1.13. The highest BCUT2D eigenvalue weighted by Gasteiger charge is 2.09. The highest BCUT2D eigenvalue weighted by molar-refractivity contribution is 6.64. The van der Waals surface area contributed by atoms with E-state index in [0.29, 0.717) is 0 Å². The quantitative estimate of drug-likeness (QED) is 0.502. The summed E-state index contributed by atoms with van der Waals surface area (Å²) < 4.78 is 0. The molecule has 1 rings (SSSR count). The molecule has 16 heavy (non-hydrogen) atoms. The summed E-state index contributed by atoms with van der Waals surface area (Å²) in [4.78, 5) is 15.7. The van der Waals surface area contributed by atoms with E-state index in [-0.39, 0.29) is 11.2 Å². The maximum atomic E-state index is 11.2. The van der Waals surface area contributed by atoms with E-state index in [1.807, 2.05) is 37.3 Å². The van der Waals surface area contributed by atoms with Gasteiger partial charge in [-0.25, -0.2) is 4.79 Å². The Morgan fingerprint density at radius 3 is 2.62 bits per heavy atom. The number of carbonyl (C=O) groups excluding carboxylic acids is 1. The van der Waals surface area contributed by atoms with Crippen LogP contribution in [-0.4, -0.2) is 11.3 Å². The lowest BCUT2D eigenvalue weighted by atomic mass is 10.1. The molecule has 0 radical (unpaired) electrons. The largest absolute Gasteiger partial charge is 0.433 e. The van der Waals surface area contributed by atoms with Crippen LogP contribution in [0.1, 0.15) is 25.5 Å². The number of nitrogens with one attached hydrogen (secondary N) is 1. The first-order valence-corrected chi connectivity index (χ1v) is 5.20. The minimum atomic E-state index is -0.628. The van der Waals surface area contributed by atoms with Crippen molar-refractivity contribution in [3.8, 4) is 0 Å². The van der Waals surface area contributed by atoms with Gasteiger partial charge in [0, 0.05) is 0 Å². The van der Waals surface area contributed by atoms with Gasteiger partial charge in [-0.1, -0.05) is 47.1 Å². The summed E-state index contributed by atoms with van der Waals surface area (Å²) in [7, 11) is 0. The second-order valence-corrected chi connectivity index (χ2v) is 3.79. The Balaban J connectivity index is 2.49. The lowest BCUT2D eigenvalue weighted by Crippen LogP contribution is -2.26. The monoisotopic (exact) mass is 240 g/mol. The fraction of sp³-hybridized carbons (Fsp3) is 0.273. The molecule has 4 nitrogen and oxygen atoms in total. The number of rotatable bonds is 3. The average molecular weight is 241 g/mol. The second-order valence-electron chi connectivity index (χ2n) is 3.24. The number of hydrogen-bond acceptors (Lipinski definition) is 3. The molecule has 0 aromatic heterocycles. The Labute approximate surface area is 99.2 Å². The van der Waals surface area contributed by atoms with Crippen LogP contribution in [0.3, 0.4) is 0 Å². The van der Waals surface area contributed by atoms with Crippen LogP contribution < -0.4 is 5.32 Å². The van der Waals surface area contributed by atoms with Gasteiger partial charge in [0.05, 0.1) is 6.04 Å². The van der Waals surface area contributed by atoms with E-state index in [2.05, 4.69) is 15.3 Å². The van der Waals surface area contributed by atoms with E-state index in [1.165, 1.54) is 6.92 Å². The van der Waals surface area contributed by atoms with E-state index in [4.69, 9.17) is 11.6 Å². The van der Waals surface area contributed by atoms with Gasteiger partial charge in [-0.2, -0.15) is 0 Å². The molecule has 5 heteroatoms. The Bertz CT molecular complexity index is 375. The van der Waals surface area contributed by atoms with Gasteiger partial charge in [-0.3, -0.25) is 4.84 Å². The van der Waals surface area contributed by atoms with Crippen LogP contribution in [0.2, 0.25) is 0 Å². The van der Waals surface area contributed by atoms with Gasteiger partial charge < -0.3 is 5.32 Å². The molecule has 0 aliphatic heterocycles. The number of amides is 1. The molecule has 0 fully saturated rings. The maximum absolute atomic E-state index is 11.2. The number of hydrogen-bond donors (Lipinski definition) is 1. The van der Waals surface area contributed by atoms with Crippen LogP contribution in [0.4, 0.5) is 4.79 Å². The van der Waals surface area contributed by atoms with Crippen molar-refractivity contribution < 1.29 is 9.63 Å². The lowest BCUT2D eigenvalue weighted by Gasteiger charge is -2.12. The van der Waals surface area contributed by atoms with E-state index in [1.54, 1.807) is 0 Å². The van der Waals surface area contributed by atoms with Crippen LogP contribution in [0.25, 0.3) is 0 Å². The molecule has 1 amide bonds. The van der Waals surface area contributed by atoms with Crippen LogP contribution in [0, 0.1) is 0 Å². The SMILES string of the molecule is C/C(Cl)=N\OC(=O)N[C@@H](C)c1ccccc1. The van der Waals surface area contributed by atoms with Crippen molar-refractivity contribution in [2.45, 2.75) is 19.9 Å². The first kappa shape index (κ1) is 12.5. The number of halogens is 1. The molecule has 0 aliphatic carbocycles. The highest BCUT2D eigenvalue weighted by atomic mass is 35.5. The molecular formula is C11H13ClN2O2. The summed E-state index contributed by atoms with van der Waals surface area (Å²) in [6.45, 7) is 3.38. The first-order valence-electron chi connectivity index (χ1n) is 4.82. The number of carbonyl (C=O) groups is 1. The minimum absolute atomic E-state index is 0.139. The van der Waals surface area contributed by atoms with Crippen molar-refractivity contribution in [1.82, 2.24) is 5.32 Å². The van der Waals surface area contributed by atoms with E-state index >= 15 is 0 Å². The van der Waals surface area contributed by atoms with Crippen LogP contribution in [0.15, 0.2) is 35.5 Å². The predicted molar refractivity (Wildman–Crippen MR) is 63.4 cm³/mol. The third kappa shape index (κ3) is 4.31. The molecule has 0 bridgehead atoms. The summed E-state index contributed by atoms with van der Waals surface area (Å²) in [5.41, 5.74) is 0.992. The zero-order valence-corrected chi connectivity index (χ0v) is 9.86. The molecule has 86 valence electrons. The topological polar surface area (TPSA) is 50.7 Å². The van der Waals surface area contributed by atoms with Gasteiger partial charge in [-0.05, 0) is 19.4 Å². The molecule has 1 atom stereocenters. The molecule has 1 aromatic rings. The predicted octanol–water partition coefficient (Wildman–Crippen LogP) is 3.05. The van der Waals surface area contributed by atoms with Crippen molar-refractivity contribution in [3.63, 3.8) is 0 Å². The average Bonchev–Trinajstić information content (AvgIpc) is 2.27. The zero-order chi connectivity index (χ0) is 12.0. The fourth-order valence-corrected chi connectivity index (χ4v) is 1.17. The molecule has 0 heterocycles. The summed E-state index contributed by atoms with van der Waals surface area (Å²) in [6.07, 6.45) is -0.628. The van der Waals surface area contributed by atoms with Crippen molar-refractivity contribution >= 4 is 22.9 Å². The summed E-state index contributed by atoms with van der Waals surface area (Å²) in [5, 5.41) is 6.13. The van der Waals surface area contributed by atoms with Gasteiger partial charge in [0.15, 0.2) is 0 Å². The Morgan fingerprint density at radius 2 is 2.06 bits per heavy atom. The third-order valence-corrected chi connectivity index (χ3v) is 1.96. The van der Waals surface area contributed by atoms with Crippen molar-refractivity contribution in [2.24, 2.45) is 5.16 Å². The maximum Gasteiger partial charge on any atom is 0.433 e. The van der Waals surface area contributed by atoms with Crippen LogP contribution in [0.5, 0.6) is 0 Å². The smallest absolute Gasteiger partial charge is 0.313 e. The normalized spacial score (nSPS) is 13.1. The summed E-state index contributed by atoms with van der Waals surface area (Å²) in [6, 6.07) is 9.41. The van der Waals surface area contributed by atoms with Gasteiger partial charge in [0.1, 0.15) is 5.17 Å². The third-order valence-electron chi connectivity index (χ3n) is 1.89.